The Balaban J connectivity index is 1.37. The van der Waals surface area contributed by atoms with Crippen molar-refractivity contribution in [3.05, 3.63) is 95.6 Å². The van der Waals surface area contributed by atoms with Gasteiger partial charge in [-0.15, -0.1) is 0 Å². The molecule has 2 N–H and O–H groups in total. The highest BCUT2D eigenvalue weighted by Gasteiger charge is 2.31. The molecular formula is C26H25N3O2. The van der Waals surface area contributed by atoms with Crippen LogP contribution >= 0.6 is 0 Å². The van der Waals surface area contributed by atoms with Crippen molar-refractivity contribution in [1.82, 2.24) is 10.4 Å². The van der Waals surface area contributed by atoms with E-state index in [0.717, 1.165) is 45.8 Å². The lowest BCUT2D eigenvalue weighted by Crippen LogP contribution is -2.40. The first-order chi connectivity index (χ1) is 15.0. The molecule has 31 heavy (non-hydrogen) atoms. The molecule has 0 bridgehead atoms. The number of benzene rings is 3. The minimum Gasteiger partial charge on any atom is -0.487 e. The molecule has 2 aliphatic rings. The van der Waals surface area contributed by atoms with Crippen LogP contribution in [0.25, 0.3) is 11.3 Å². The number of nitrogens with zero attached hydrogens (tertiary/aromatic N) is 1. The summed E-state index contributed by atoms with van der Waals surface area (Å²) < 4.78 is 5.94. The van der Waals surface area contributed by atoms with Gasteiger partial charge >= 0.3 is 6.03 Å². The molecule has 2 heterocycles. The van der Waals surface area contributed by atoms with Gasteiger partial charge in [0.2, 0.25) is 0 Å². The first-order valence-corrected chi connectivity index (χ1v) is 10.5. The molecule has 0 saturated heterocycles. The number of anilines is 1. The first-order valence-electron chi connectivity index (χ1n) is 10.5. The maximum Gasteiger partial charge on any atom is 0.340 e. The van der Waals surface area contributed by atoms with Crippen LogP contribution in [-0.2, 0) is 6.42 Å². The normalized spacial score (nSPS) is 16.5. The molecule has 5 heteroatoms. The predicted octanol–water partition coefficient (Wildman–Crippen LogP) is 5.32. The summed E-state index contributed by atoms with van der Waals surface area (Å²) in [7, 11) is 0. The Hall–Kier alpha value is -3.73. The molecule has 3 aromatic carbocycles. The fourth-order valence-electron chi connectivity index (χ4n) is 4.20. The highest BCUT2D eigenvalue weighted by atomic mass is 16.5. The van der Waals surface area contributed by atoms with Crippen LogP contribution in [-0.4, -0.2) is 23.2 Å². The average molecular weight is 412 g/mol. The van der Waals surface area contributed by atoms with Crippen molar-refractivity contribution < 1.29 is 9.53 Å². The Kier molecular flexibility index (Phi) is 4.66. The molecule has 0 radical (unpaired) electrons. The summed E-state index contributed by atoms with van der Waals surface area (Å²) in [5, 5.41) is 4.65. The van der Waals surface area contributed by atoms with Gasteiger partial charge in [0.15, 0.2) is 0 Å². The Bertz CT molecular complexity index is 1100. The molecular weight excluding hydrogens is 386 g/mol. The van der Waals surface area contributed by atoms with E-state index in [2.05, 4.69) is 48.9 Å². The topological polar surface area (TPSA) is 53.6 Å². The molecule has 0 aromatic heterocycles. The molecule has 0 unspecified atom stereocenters. The summed E-state index contributed by atoms with van der Waals surface area (Å²) in [6.07, 6.45) is 0.825. The second-order valence-electron chi connectivity index (χ2n) is 8.57. The standard InChI is InChI=1S/C26H25N3O2/c1-26(2)16-20-15-21(13-14-23(20)31-26)27-25(30)29-17-22(18-9-5-3-6-10-18)24(28-29)19-11-7-4-8-12-19/h3-15,28H,16-17H2,1-2H3,(H,27,30). The van der Waals surface area contributed by atoms with Crippen molar-refractivity contribution in [2.75, 3.05) is 11.9 Å². The fourth-order valence-corrected chi connectivity index (χ4v) is 4.20. The van der Waals surface area contributed by atoms with Crippen LogP contribution < -0.4 is 15.5 Å². The second-order valence-corrected chi connectivity index (χ2v) is 8.57. The van der Waals surface area contributed by atoms with Crippen LogP contribution in [0, 0.1) is 0 Å². The molecule has 0 spiro atoms. The van der Waals surface area contributed by atoms with Gasteiger partial charge in [-0.3, -0.25) is 5.43 Å². The summed E-state index contributed by atoms with van der Waals surface area (Å²) in [4.78, 5) is 13.1. The lowest BCUT2D eigenvalue weighted by Gasteiger charge is -2.19. The fraction of sp³-hybridized carbons (Fsp3) is 0.192. The van der Waals surface area contributed by atoms with Crippen molar-refractivity contribution in [2.24, 2.45) is 0 Å². The van der Waals surface area contributed by atoms with E-state index in [-0.39, 0.29) is 11.6 Å². The Morgan fingerprint density at radius 1 is 0.968 bits per heavy atom. The van der Waals surface area contributed by atoms with Crippen LogP contribution in [0.5, 0.6) is 5.75 Å². The number of hydrogen-bond donors (Lipinski definition) is 2. The van der Waals surface area contributed by atoms with E-state index in [1.54, 1.807) is 5.01 Å². The maximum atomic E-state index is 13.1. The molecule has 3 aromatic rings. The Labute approximate surface area is 182 Å². The monoisotopic (exact) mass is 411 g/mol. The van der Waals surface area contributed by atoms with E-state index < -0.39 is 0 Å². The SMILES string of the molecule is CC1(C)Cc2cc(NC(=O)N3CC(c4ccccc4)=C(c4ccccc4)N3)ccc2O1. The van der Waals surface area contributed by atoms with E-state index in [9.17, 15) is 4.79 Å². The second kappa shape index (κ2) is 7.51. The van der Waals surface area contributed by atoms with Crippen molar-refractivity contribution in [2.45, 2.75) is 25.9 Å². The highest BCUT2D eigenvalue weighted by molar-refractivity contribution is 5.98. The van der Waals surface area contributed by atoms with E-state index in [0.29, 0.717) is 6.54 Å². The van der Waals surface area contributed by atoms with E-state index in [1.165, 1.54) is 0 Å². The molecule has 5 nitrogen and oxygen atoms in total. The number of hydrazine groups is 1. The molecule has 0 aliphatic carbocycles. The summed E-state index contributed by atoms with van der Waals surface area (Å²) >= 11 is 0. The van der Waals surface area contributed by atoms with E-state index in [4.69, 9.17) is 4.74 Å². The number of carbonyl (C=O) groups is 1. The zero-order valence-electron chi connectivity index (χ0n) is 17.7. The first kappa shape index (κ1) is 19.2. The van der Waals surface area contributed by atoms with Gasteiger partial charge in [-0.05, 0) is 43.2 Å². The number of ether oxygens (including phenoxy) is 1. The zero-order valence-corrected chi connectivity index (χ0v) is 17.7. The predicted molar refractivity (Wildman–Crippen MR) is 123 cm³/mol. The Morgan fingerprint density at radius 3 is 2.35 bits per heavy atom. The molecule has 0 saturated carbocycles. The number of rotatable bonds is 3. The summed E-state index contributed by atoms with van der Waals surface area (Å²) in [5.41, 5.74) is 9.18. The number of amides is 2. The van der Waals surface area contributed by atoms with Crippen LogP contribution in [0.3, 0.4) is 0 Å². The van der Waals surface area contributed by atoms with Gasteiger partial charge < -0.3 is 10.1 Å². The number of carbonyl (C=O) groups excluding carboxylic acids is 1. The Morgan fingerprint density at radius 2 is 1.65 bits per heavy atom. The van der Waals surface area contributed by atoms with Gasteiger partial charge in [0.1, 0.15) is 11.4 Å². The summed E-state index contributed by atoms with van der Waals surface area (Å²) in [6.45, 7) is 4.61. The molecule has 0 atom stereocenters. The number of hydrogen-bond acceptors (Lipinski definition) is 3. The van der Waals surface area contributed by atoms with Gasteiger partial charge in [-0.2, -0.15) is 0 Å². The van der Waals surface area contributed by atoms with E-state index >= 15 is 0 Å². The van der Waals surface area contributed by atoms with E-state index in [1.807, 2.05) is 54.6 Å². The van der Waals surface area contributed by atoms with Crippen molar-refractivity contribution in [3.8, 4) is 5.75 Å². The highest BCUT2D eigenvalue weighted by Crippen LogP contribution is 2.36. The lowest BCUT2D eigenvalue weighted by atomic mass is 10.0. The molecule has 2 amide bonds. The van der Waals surface area contributed by atoms with Crippen LogP contribution in [0.1, 0.15) is 30.5 Å². The summed E-state index contributed by atoms with van der Waals surface area (Å²) in [6, 6.07) is 25.9. The van der Waals surface area contributed by atoms with Crippen molar-refractivity contribution in [3.63, 3.8) is 0 Å². The van der Waals surface area contributed by atoms with Gasteiger partial charge in [0.25, 0.3) is 0 Å². The minimum atomic E-state index is -0.208. The third-order valence-electron chi connectivity index (χ3n) is 5.61. The van der Waals surface area contributed by atoms with Gasteiger partial charge in [0, 0.05) is 23.2 Å². The molecule has 5 rings (SSSR count). The van der Waals surface area contributed by atoms with Gasteiger partial charge in [-0.25, -0.2) is 9.80 Å². The molecule has 156 valence electrons. The largest absolute Gasteiger partial charge is 0.487 e. The smallest absolute Gasteiger partial charge is 0.340 e. The molecule has 2 aliphatic heterocycles. The molecule has 0 fully saturated rings. The minimum absolute atomic E-state index is 0.197. The number of fused-ring (bicyclic) bond motifs is 1. The number of urea groups is 1. The average Bonchev–Trinajstić information content (AvgIpc) is 3.35. The van der Waals surface area contributed by atoms with Crippen molar-refractivity contribution in [1.29, 1.82) is 0 Å². The van der Waals surface area contributed by atoms with Crippen LogP contribution in [0.2, 0.25) is 0 Å². The van der Waals surface area contributed by atoms with Gasteiger partial charge in [-0.1, -0.05) is 60.7 Å². The maximum absolute atomic E-state index is 13.1. The zero-order chi connectivity index (χ0) is 21.4. The summed E-state index contributed by atoms with van der Waals surface area (Å²) in [5.74, 6) is 0.890. The van der Waals surface area contributed by atoms with Crippen LogP contribution in [0.4, 0.5) is 10.5 Å². The van der Waals surface area contributed by atoms with Crippen molar-refractivity contribution >= 4 is 23.0 Å². The quantitative estimate of drug-likeness (QED) is 0.613. The third kappa shape index (κ3) is 3.87. The number of nitrogens with one attached hydrogen (secondary N) is 2. The lowest BCUT2D eigenvalue weighted by molar-refractivity contribution is 0.138. The third-order valence-corrected chi connectivity index (χ3v) is 5.61. The van der Waals surface area contributed by atoms with Gasteiger partial charge in [0.05, 0.1) is 12.2 Å². The van der Waals surface area contributed by atoms with Crippen LogP contribution in [0.15, 0.2) is 78.9 Å².